The highest BCUT2D eigenvalue weighted by Gasteiger charge is 2.33. The van der Waals surface area contributed by atoms with Crippen LogP contribution in [0.2, 0.25) is 0 Å². The van der Waals surface area contributed by atoms with Crippen LogP contribution in [0.5, 0.6) is 0 Å². The van der Waals surface area contributed by atoms with Gasteiger partial charge in [0.1, 0.15) is 0 Å². The smallest absolute Gasteiger partial charge is 0.257 e. The molecule has 0 bridgehead atoms. The monoisotopic (exact) mass is 331 g/mol. The lowest BCUT2D eigenvalue weighted by molar-refractivity contribution is 0.0264. The Kier molecular flexibility index (Phi) is 4.56. The maximum Gasteiger partial charge on any atom is 0.257 e. The van der Waals surface area contributed by atoms with E-state index >= 15 is 0 Å². The molecule has 2 aromatic rings. The largest absolute Gasteiger partial charge is 0.395 e. The quantitative estimate of drug-likeness (QED) is 0.903. The Morgan fingerprint density at radius 3 is 2.75 bits per heavy atom. The predicted octanol–water partition coefficient (Wildman–Crippen LogP) is 0.873. The summed E-state index contributed by atoms with van der Waals surface area (Å²) in [5.74, 6) is -0.00180. The lowest BCUT2D eigenvalue weighted by atomic mass is 10.1. The first kappa shape index (κ1) is 16.9. The molecule has 1 aliphatic rings. The minimum atomic E-state index is -0.00180. The molecular weight excluding hydrogens is 306 g/mol. The van der Waals surface area contributed by atoms with Crippen LogP contribution >= 0.6 is 0 Å². The van der Waals surface area contributed by atoms with Gasteiger partial charge < -0.3 is 10.0 Å². The van der Waals surface area contributed by atoms with Crippen molar-refractivity contribution in [3.63, 3.8) is 0 Å². The number of rotatable bonds is 3. The van der Waals surface area contributed by atoms with Gasteiger partial charge in [0.05, 0.1) is 23.6 Å². The summed E-state index contributed by atoms with van der Waals surface area (Å²) in [5, 5.41) is 13.6. The molecule has 0 aliphatic carbocycles. The fourth-order valence-electron chi connectivity index (χ4n) is 3.45. The van der Waals surface area contributed by atoms with Crippen LogP contribution < -0.4 is 0 Å². The highest BCUT2D eigenvalue weighted by atomic mass is 16.3. The summed E-state index contributed by atoms with van der Waals surface area (Å²) in [6.07, 6.45) is 1.66. The summed E-state index contributed by atoms with van der Waals surface area (Å²) in [4.78, 5) is 21.6. The maximum absolute atomic E-state index is 13.1. The van der Waals surface area contributed by atoms with Gasteiger partial charge in [-0.1, -0.05) is 0 Å². The summed E-state index contributed by atoms with van der Waals surface area (Å²) < 4.78 is 1.73. The second-order valence-corrected chi connectivity index (χ2v) is 6.69. The summed E-state index contributed by atoms with van der Waals surface area (Å²) in [6.45, 7) is 10.2. The highest BCUT2D eigenvalue weighted by molar-refractivity contribution is 5.95. The fraction of sp³-hybridized carbons (Fsp3) is 0.588. The molecule has 130 valence electrons. The van der Waals surface area contributed by atoms with Gasteiger partial charge in [0.25, 0.3) is 5.91 Å². The number of β-amino-alcohol motifs (C(OH)–C–C–N with tert-alkyl or cyclic N) is 1. The second kappa shape index (κ2) is 6.49. The van der Waals surface area contributed by atoms with Crippen molar-refractivity contribution >= 4 is 11.6 Å². The van der Waals surface area contributed by atoms with Crippen molar-refractivity contribution in [1.29, 1.82) is 0 Å². The molecule has 0 radical (unpaired) electrons. The average molecular weight is 331 g/mol. The van der Waals surface area contributed by atoms with Gasteiger partial charge in [0.15, 0.2) is 5.65 Å². The first-order chi connectivity index (χ1) is 11.4. The van der Waals surface area contributed by atoms with Crippen molar-refractivity contribution in [2.24, 2.45) is 0 Å². The van der Waals surface area contributed by atoms with Crippen LogP contribution in [0.15, 0.2) is 12.3 Å². The number of aliphatic hydroxyl groups is 1. The molecule has 0 spiro atoms. The van der Waals surface area contributed by atoms with Crippen molar-refractivity contribution in [1.82, 2.24) is 24.4 Å². The first-order valence-corrected chi connectivity index (χ1v) is 8.40. The van der Waals surface area contributed by atoms with Crippen LogP contribution in [0.1, 0.15) is 35.6 Å². The van der Waals surface area contributed by atoms with Gasteiger partial charge in [-0.3, -0.25) is 9.69 Å². The number of aliphatic hydroxyl groups excluding tert-OH is 1. The Morgan fingerprint density at radius 1 is 1.29 bits per heavy atom. The van der Waals surface area contributed by atoms with E-state index < -0.39 is 0 Å². The third-order valence-electron chi connectivity index (χ3n) is 4.84. The minimum Gasteiger partial charge on any atom is -0.395 e. The standard InChI is InChI=1S/C17H25N5O2/c1-11-7-16-18-8-15(14(4)22(16)19-11)17(24)21-10-12(2)20(5-6-23)9-13(21)3/h7-8,12-13,23H,5-6,9-10H2,1-4H3/t12-,13+/m1/s1. The first-order valence-electron chi connectivity index (χ1n) is 8.40. The molecule has 2 aromatic heterocycles. The van der Waals surface area contributed by atoms with Crippen molar-refractivity contribution in [3.8, 4) is 0 Å². The maximum atomic E-state index is 13.1. The van der Waals surface area contributed by atoms with Crippen LogP contribution in [0, 0.1) is 13.8 Å². The Labute approximate surface area is 141 Å². The summed E-state index contributed by atoms with van der Waals surface area (Å²) in [6, 6.07) is 2.22. The van der Waals surface area contributed by atoms with E-state index in [1.807, 2.05) is 31.7 Å². The van der Waals surface area contributed by atoms with Gasteiger partial charge in [-0.05, 0) is 27.7 Å². The van der Waals surface area contributed by atoms with Crippen molar-refractivity contribution < 1.29 is 9.90 Å². The van der Waals surface area contributed by atoms with E-state index in [0.29, 0.717) is 18.7 Å². The fourth-order valence-corrected chi connectivity index (χ4v) is 3.45. The SMILES string of the molecule is Cc1cc2ncc(C(=O)N3C[C@@H](C)N(CCO)C[C@@H]3C)c(C)n2n1. The highest BCUT2D eigenvalue weighted by Crippen LogP contribution is 2.20. The normalized spacial score (nSPS) is 22.3. The van der Waals surface area contributed by atoms with Gasteiger partial charge in [-0.2, -0.15) is 5.10 Å². The third kappa shape index (κ3) is 2.89. The molecule has 3 heterocycles. The molecule has 0 unspecified atom stereocenters. The van der Waals surface area contributed by atoms with Crippen molar-refractivity contribution in [2.45, 2.75) is 39.8 Å². The summed E-state index contributed by atoms with van der Waals surface area (Å²) in [7, 11) is 0. The van der Waals surface area contributed by atoms with E-state index in [2.05, 4.69) is 21.9 Å². The molecule has 1 fully saturated rings. The number of piperazine rings is 1. The van der Waals surface area contributed by atoms with Crippen LogP contribution in [-0.2, 0) is 0 Å². The minimum absolute atomic E-state index is 0.00180. The van der Waals surface area contributed by atoms with Crippen LogP contribution in [0.4, 0.5) is 0 Å². The summed E-state index contributed by atoms with van der Waals surface area (Å²) in [5.41, 5.74) is 3.06. The van der Waals surface area contributed by atoms with Gasteiger partial charge in [-0.15, -0.1) is 0 Å². The van der Waals surface area contributed by atoms with E-state index in [0.717, 1.165) is 23.6 Å². The van der Waals surface area contributed by atoms with Crippen molar-refractivity contribution in [2.75, 3.05) is 26.2 Å². The van der Waals surface area contributed by atoms with E-state index in [9.17, 15) is 9.90 Å². The summed E-state index contributed by atoms with van der Waals surface area (Å²) >= 11 is 0. The molecule has 1 aliphatic heterocycles. The molecule has 1 saturated heterocycles. The molecule has 24 heavy (non-hydrogen) atoms. The van der Waals surface area contributed by atoms with Gasteiger partial charge in [-0.25, -0.2) is 9.50 Å². The Balaban J connectivity index is 1.87. The molecule has 0 aromatic carbocycles. The molecule has 7 nitrogen and oxygen atoms in total. The Bertz CT molecular complexity index is 757. The molecular formula is C17H25N5O2. The molecule has 1 N–H and O–H groups in total. The molecule has 7 heteroatoms. The van der Waals surface area contributed by atoms with Gasteiger partial charge in [0, 0.05) is 44.0 Å². The van der Waals surface area contributed by atoms with E-state index in [1.54, 1.807) is 10.7 Å². The number of carbonyl (C=O) groups is 1. The van der Waals surface area contributed by atoms with Crippen LogP contribution in [0.25, 0.3) is 5.65 Å². The zero-order chi connectivity index (χ0) is 17.4. The molecule has 2 atom stereocenters. The lowest BCUT2D eigenvalue weighted by Gasteiger charge is -2.44. The number of fused-ring (bicyclic) bond motifs is 1. The van der Waals surface area contributed by atoms with Crippen LogP contribution in [0.3, 0.4) is 0 Å². The molecule has 0 saturated carbocycles. The zero-order valence-corrected chi connectivity index (χ0v) is 14.7. The topological polar surface area (TPSA) is 74.0 Å². The molecule has 3 rings (SSSR count). The Hall–Kier alpha value is -1.99. The van der Waals surface area contributed by atoms with Crippen LogP contribution in [-0.4, -0.2) is 73.7 Å². The lowest BCUT2D eigenvalue weighted by Crippen LogP contribution is -2.58. The number of nitrogens with zero attached hydrogens (tertiary/aromatic N) is 5. The Morgan fingerprint density at radius 2 is 2.04 bits per heavy atom. The average Bonchev–Trinajstić information content (AvgIpc) is 2.92. The second-order valence-electron chi connectivity index (χ2n) is 6.69. The predicted molar refractivity (Wildman–Crippen MR) is 91.1 cm³/mol. The van der Waals surface area contributed by atoms with E-state index in [-0.39, 0.29) is 24.6 Å². The van der Waals surface area contributed by atoms with E-state index in [1.165, 1.54) is 0 Å². The van der Waals surface area contributed by atoms with E-state index in [4.69, 9.17) is 0 Å². The number of aromatic nitrogens is 3. The number of carbonyl (C=O) groups excluding carboxylic acids is 1. The third-order valence-corrected chi connectivity index (χ3v) is 4.84. The number of amides is 1. The number of aryl methyl sites for hydroxylation is 2. The van der Waals surface area contributed by atoms with Gasteiger partial charge >= 0.3 is 0 Å². The van der Waals surface area contributed by atoms with Gasteiger partial charge in [0.2, 0.25) is 0 Å². The van der Waals surface area contributed by atoms with Crippen molar-refractivity contribution in [3.05, 3.63) is 29.2 Å². The molecule has 1 amide bonds. The zero-order valence-electron chi connectivity index (χ0n) is 14.7. The number of hydrogen-bond donors (Lipinski definition) is 1. The number of hydrogen-bond acceptors (Lipinski definition) is 5.